The van der Waals surface area contributed by atoms with Gasteiger partial charge in [0, 0.05) is 5.56 Å². The number of para-hydroxylation sites is 2. The molecule has 4 aromatic rings. The molecule has 0 saturated carbocycles. The van der Waals surface area contributed by atoms with Crippen LogP contribution in [0.2, 0.25) is 0 Å². The van der Waals surface area contributed by atoms with Crippen LogP contribution < -0.4 is 5.63 Å². The quantitative estimate of drug-likeness (QED) is 0.449. The maximum atomic E-state index is 12.7. The number of phenolic OH excluding ortho intramolecular Hbond substituents is 1. The van der Waals surface area contributed by atoms with E-state index in [0.717, 1.165) is 0 Å². The number of phenols is 1. The second-order valence-electron chi connectivity index (χ2n) is 5.49. The number of ketones is 1. The Hall–Kier alpha value is -3.34. The van der Waals surface area contributed by atoms with Crippen molar-refractivity contribution in [3.8, 4) is 5.75 Å². The van der Waals surface area contributed by atoms with Crippen LogP contribution in [0.3, 0.4) is 0 Å². The summed E-state index contributed by atoms with van der Waals surface area (Å²) in [7, 11) is 0. The van der Waals surface area contributed by atoms with E-state index in [9.17, 15) is 14.7 Å². The average molecular weight is 320 g/mol. The van der Waals surface area contributed by atoms with Crippen molar-refractivity contribution in [3.63, 3.8) is 0 Å². The Labute approximate surface area is 135 Å². The van der Waals surface area contributed by atoms with E-state index < -0.39 is 11.4 Å². The molecule has 0 saturated heterocycles. The summed E-state index contributed by atoms with van der Waals surface area (Å²) in [6.07, 6.45) is 0. The third kappa shape index (κ3) is 1.95. The van der Waals surface area contributed by atoms with Gasteiger partial charge in [-0.2, -0.15) is 0 Å². The minimum Gasteiger partial charge on any atom is -0.507 e. The molecule has 0 fully saturated rings. The lowest BCUT2D eigenvalue weighted by molar-refractivity contribution is 0.101. The Bertz CT molecular complexity index is 1160. The molecule has 0 bridgehead atoms. The molecular weight excluding hydrogens is 308 g/mol. The van der Waals surface area contributed by atoms with E-state index in [2.05, 4.69) is 0 Å². The molecule has 0 radical (unpaired) electrons. The second-order valence-corrected chi connectivity index (χ2v) is 5.49. The number of hydrogen-bond donors (Lipinski definition) is 1. The van der Waals surface area contributed by atoms with Gasteiger partial charge in [0.25, 0.3) is 0 Å². The van der Waals surface area contributed by atoms with Gasteiger partial charge < -0.3 is 13.9 Å². The van der Waals surface area contributed by atoms with Crippen LogP contribution in [0.15, 0.2) is 62.2 Å². The number of aromatic hydroxyl groups is 1. The van der Waals surface area contributed by atoms with E-state index in [0.29, 0.717) is 22.1 Å². The molecular formula is C19H12O5. The Morgan fingerprint density at radius 1 is 1.00 bits per heavy atom. The zero-order valence-electron chi connectivity index (χ0n) is 12.7. The Balaban J connectivity index is 2.05. The number of rotatable bonds is 2. The summed E-state index contributed by atoms with van der Waals surface area (Å²) in [5, 5.41) is 10.8. The zero-order valence-corrected chi connectivity index (χ0v) is 12.7. The van der Waals surface area contributed by atoms with E-state index in [4.69, 9.17) is 8.83 Å². The molecule has 0 atom stereocenters. The summed E-state index contributed by atoms with van der Waals surface area (Å²) in [5.74, 6) is -0.598. The lowest BCUT2D eigenvalue weighted by atomic mass is 10.0. The topological polar surface area (TPSA) is 80.6 Å². The molecule has 0 spiro atoms. The van der Waals surface area contributed by atoms with Gasteiger partial charge in [0.05, 0.1) is 10.9 Å². The van der Waals surface area contributed by atoms with Crippen molar-refractivity contribution in [2.45, 2.75) is 6.92 Å². The highest BCUT2D eigenvalue weighted by Crippen LogP contribution is 2.31. The molecule has 2 heterocycles. The first-order chi connectivity index (χ1) is 11.6. The molecule has 5 nitrogen and oxygen atoms in total. The van der Waals surface area contributed by atoms with E-state index >= 15 is 0 Å². The second kappa shape index (κ2) is 5.09. The Morgan fingerprint density at radius 3 is 2.50 bits per heavy atom. The number of hydrogen-bond acceptors (Lipinski definition) is 5. The van der Waals surface area contributed by atoms with Gasteiger partial charge in [-0.1, -0.05) is 24.3 Å². The summed E-state index contributed by atoms with van der Waals surface area (Å²) in [5.41, 5.74) is 0.677. The summed E-state index contributed by atoms with van der Waals surface area (Å²) in [6, 6.07) is 13.2. The van der Waals surface area contributed by atoms with Crippen LogP contribution in [0.5, 0.6) is 5.75 Å². The summed E-state index contributed by atoms with van der Waals surface area (Å²) in [4.78, 5) is 25.0. The predicted molar refractivity (Wildman–Crippen MR) is 88.5 cm³/mol. The first kappa shape index (κ1) is 14.3. The summed E-state index contributed by atoms with van der Waals surface area (Å²) in [6.45, 7) is 1.63. The highest BCUT2D eigenvalue weighted by molar-refractivity contribution is 6.13. The largest absolute Gasteiger partial charge is 0.507 e. The van der Waals surface area contributed by atoms with Crippen LogP contribution >= 0.6 is 0 Å². The van der Waals surface area contributed by atoms with Crippen LogP contribution in [0, 0.1) is 6.92 Å². The van der Waals surface area contributed by atoms with Crippen LogP contribution in [0.1, 0.15) is 21.7 Å². The first-order valence-corrected chi connectivity index (χ1v) is 7.35. The highest BCUT2D eigenvalue weighted by Gasteiger charge is 2.24. The molecule has 0 unspecified atom stereocenters. The van der Waals surface area contributed by atoms with Gasteiger partial charge in [0.1, 0.15) is 16.7 Å². The molecule has 24 heavy (non-hydrogen) atoms. The van der Waals surface area contributed by atoms with Crippen molar-refractivity contribution < 1.29 is 18.7 Å². The molecule has 5 heteroatoms. The smallest absolute Gasteiger partial charge is 0.347 e. The van der Waals surface area contributed by atoms with Gasteiger partial charge >= 0.3 is 5.63 Å². The number of aryl methyl sites for hydroxylation is 1. The lowest BCUT2D eigenvalue weighted by Gasteiger charge is -2.01. The number of carbonyl (C=O) groups is 1. The fraction of sp³-hybridized carbons (Fsp3) is 0.0526. The normalized spacial score (nSPS) is 11.2. The number of benzene rings is 2. The standard InChI is InChI=1S/C19H12O5/c1-10-15-18(12-7-3-5-9-14(12)23-19(15)22)24-17(10)16(21)11-6-2-4-8-13(11)20/h2-9,20H,1H3. The molecule has 1 N–H and O–H groups in total. The molecule has 2 aromatic heterocycles. The first-order valence-electron chi connectivity index (χ1n) is 7.35. The third-order valence-electron chi connectivity index (χ3n) is 4.04. The van der Waals surface area contributed by atoms with Crippen LogP contribution in [0.4, 0.5) is 0 Å². The van der Waals surface area contributed by atoms with Crippen LogP contribution in [0.25, 0.3) is 21.9 Å². The third-order valence-corrected chi connectivity index (χ3v) is 4.04. The van der Waals surface area contributed by atoms with Gasteiger partial charge in [-0.15, -0.1) is 0 Å². The minimum atomic E-state index is -0.554. The highest BCUT2D eigenvalue weighted by atomic mass is 16.4. The van der Waals surface area contributed by atoms with Crippen molar-refractivity contribution >= 4 is 27.7 Å². The molecule has 4 rings (SSSR count). The van der Waals surface area contributed by atoms with Gasteiger partial charge in [-0.3, -0.25) is 4.79 Å². The fourth-order valence-electron chi connectivity index (χ4n) is 2.85. The fourth-order valence-corrected chi connectivity index (χ4v) is 2.85. The van der Waals surface area contributed by atoms with E-state index in [1.54, 1.807) is 43.3 Å². The van der Waals surface area contributed by atoms with E-state index in [-0.39, 0.29) is 22.5 Å². The maximum absolute atomic E-state index is 12.7. The minimum absolute atomic E-state index is 0.0233. The van der Waals surface area contributed by atoms with Crippen LogP contribution in [-0.2, 0) is 0 Å². The molecule has 0 aliphatic carbocycles. The van der Waals surface area contributed by atoms with Crippen molar-refractivity contribution in [2.24, 2.45) is 0 Å². The Kier molecular flexibility index (Phi) is 3.03. The molecule has 0 amide bonds. The molecule has 0 aliphatic rings. The SMILES string of the molecule is Cc1c(C(=O)c2ccccc2O)oc2c1c(=O)oc1ccccc12. The van der Waals surface area contributed by atoms with Gasteiger partial charge in [0.2, 0.25) is 5.78 Å². The van der Waals surface area contributed by atoms with Gasteiger partial charge in [-0.25, -0.2) is 4.79 Å². The molecule has 0 aliphatic heterocycles. The van der Waals surface area contributed by atoms with Gasteiger partial charge in [-0.05, 0) is 31.2 Å². The van der Waals surface area contributed by atoms with Crippen molar-refractivity contribution in [1.82, 2.24) is 0 Å². The zero-order chi connectivity index (χ0) is 16.8. The van der Waals surface area contributed by atoms with Crippen molar-refractivity contribution in [2.75, 3.05) is 0 Å². The number of furan rings is 1. The summed E-state index contributed by atoms with van der Waals surface area (Å²) < 4.78 is 11.0. The number of carbonyl (C=O) groups excluding carboxylic acids is 1. The van der Waals surface area contributed by atoms with Gasteiger partial charge in [0.15, 0.2) is 11.3 Å². The van der Waals surface area contributed by atoms with E-state index in [1.165, 1.54) is 12.1 Å². The van der Waals surface area contributed by atoms with E-state index in [1.807, 2.05) is 0 Å². The maximum Gasteiger partial charge on any atom is 0.347 e. The predicted octanol–water partition coefficient (Wildman–Crippen LogP) is 3.78. The Morgan fingerprint density at radius 2 is 1.71 bits per heavy atom. The van der Waals surface area contributed by atoms with Crippen molar-refractivity contribution in [3.05, 3.63) is 75.8 Å². The molecule has 118 valence electrons. The average Bonchev–Trinajstić information content (AvgIpc) is 2.93. The molecule has 2 aromatic carbocycles. The monoisotopic (exact) mass is 320 g/mol. The summed E-state index contributed by atoms with van der Waals surface area (Å²) >= 11 is 0. The number of fused-ring (bicyclic) bond motifs is 3. The van der Waals surface area contributed by atoms with Crippen LogP contribution in [-0.4, -0.2) is 10.9 Å². The van der Waals surface area contributed by atoms with Crippen molar-refractivity contribution in [1.29, 1.82) is 0 Å². The lowest BCUT2D eigenvalue weighted by Crippen LogP contribution is -2.03.